The highest BCUT2D eigenvalue weighted by molar-refractivity contribution is 7.89. The average Bonchev–Trinajstić information content (AvgIpc) is 2.67. The number of aryl methyl sites for hydroxylation is 1. The van der Waals surface area contributed by atoms with Crippen LogP contribution in [-0.2, 0) is 19.6 Å². The number of hydrogen-bond donors (Lipinski definition) is 3. The van der Waals surface area contributed by atoms with Crippen molar-refractivity contribution in [2.75, 3.05) is 13.1 Å². The molecule has 0 spiro atoms. The van der Waals surface area contributed by atoms with Crippen LogP contribution in [0.15, 0.2) is 58.5 Å². The first-order chi connectivity index (χ1) is 13.3. The van der Waals surface area contributed by atoms with E-state index in [9.17, 15) is 18.0 Å². The molecule has 2 aromatic rings. The van der Waals surface area contributed by atoms with Gasteiger partial charge in [0.15, 0.2) is 0 Å². The predicted molar refractivity (Wildman–Crippen MR) is 107 cm³/mol. The van der Waals surface area contributed by atoms with Crippen LogP contribution in [0, 0.1) is 6.92 Å². The van der Waals surface area contributed by atoms with Crippen LogP contribution < -0.4 is 15.5 Å². The van der Waals surface area contributed by atoms with E-state index in [1.807, 2.05) is 6.92 Å². The van der Waals surface area contributed by atoms with Crippen LogP contribution in [0.1, 0.15) is 11.1 Å². The Balaban J connectivity index is 1.73. The lowest BCUT2D eigenvalue weighted by molar-refractivity contribution is -0.125. The van der Waals surface area contributed by atoms with Gasteiger partial charge in [-0.15, -0.1) is 0 Å². The summed E-state index contributed by atoms with van der Waals surface area (Å²) in [7, 11) is -3.80. The number of hydrogen-bond acceptors (Lipinski definition) is 5. The largest absolute Gasteiger partial charge is 0.346 e. The molecule has 0 fully saturated rings. The third-order valence-corrected chi connectivity index (χ3v) is 5.14. The molecule has 2 amide bonds. The van der Waals surface area contributed by atoms with Gasteiger partial charge in [-0.3, -0.25) is 9.59 Å². The monoisotopic (exact) mass is 422 g/mol. The highest BCUT2D eigenvalue weighted by Crippen LogP contribution is 2.09. The summed E-state index contributed by atoms with van der Waals surface area (Å²) >= 11 is 5.76. The van der Waals surface area contributed by atoms with Gasteiger partial charge in [-0.25, -0.2) is 18.6 Å². The molecule has 10 heteroatoms. The molecule has 0 unspecified atom stereocenters. The Morgan fingerprint density at radius 3 is 2.29 bits per heavy atom. The third-order valence-electron chi connectivity index (χ3n) is 3.47. The first kappa shape index (κ1) is 21.5. The van der Waals surface area contributed by atoms with E-state index >= 15 is 0 Å². The summed E-state index contributed by atoms with van der Waals surface area (Å²) < 4.78 is 26.3. The average molecular weight is 423 g/mol. The first-order valence-electron chi connectivity index (χ1n) is 8.17. The van der Waals surface area contributed by atoms with Crippen molar-refractivity contribution in [3.05, 3.63) is 64.7 Å². The molecule has 3 N–H and O–H groups in total. The molecule has 2 rings (SSSR count). The third kappa shape index (κ3) is 7.10. The molecule has 2 aromatic carbocycles. The molecule has 8 nitrogen and oxygen atoms in total. The second kappa shape index (κ2) is 9.98. The van der Waals surface area contributed by atoms with Crippen LogP contribution in [0.4, 0.5) is 0 Å². The number of carbonyl (C=O) groups excluding carboxylic acids is 2. The number of sulfonamides is 1. The molecule has 0 heterocycles. The van der Waals surface area contributed by atoms with Crippen LogP contribution in [0.2, 0.25) is 5.02 Å². The lowest BCUT2D eigenvalue weighted by atomic mass is 10.2. The van der Waals surface area contributed by atoms with Crippen molar-refractivity contribution < 1.29 is 18.0 Å². The van der Waals surface area contributed by atoms with E-state index in [0.29, 0.717) is 5.02 Å². The van der Waals surface area contributed by atoms with Gasteiger partial charge in [-0.2, -0.15) is 5.10 Å². The van der Waals surface area contributed by atoms with Gasteiger partial charge in [-0.1, -0.05) is 41.4 Å². The Morgan fingerprint density at radius 1 is 1.00 bits per heavy atom. The maximum atomic E-state index is 12.1. The van der Waals surface area contributed by atoms with E-state index in [1.54, 1.807) is 36.4 Å². The Hall–Kier alpha value is -2.75. The molecule has 0 saturated carbocycles. The molecule has 0 aromatic heterocycles. The summed E-state index contributed by atoms with van der Waals surface area (Å²) in [4.78, 5) is 23.4. The molecule has 148 valence electrons. The molecule has 28 heavy (non-hydrogen) atoms. The van der Waals surface area contributed by atoms with Crippen molar-refractivity contribution >= 4 is 39.7 Å². The van der Waals surface area contributed by atoms with Crippen LogP contribution in [0.3, 0.4) is 0 Å². The van der Waals surface area contributed by atoms with E-state index in [0.717, 1.165) is 11.1 Å². The Kier molecular flexibility index (Phi) is 7.68. The van der Waals surface area contributed by atoms with Gasteiger partial charge >= 0.3 is 0 Å². The molecule has 0 aliphatic rings. The smallest absolute Gasteiger partial charge is 0.259 e. The topological polar surface area (TPSA) is 117 Å². The molecular formula is C18H19ClN4O4S. The normalized spacial score (nSPS) is 11.4. The predicted octanol–water partition coefficient (Wildman–Crippen LogP) is 1.19. The molecule has 0 radical (unpaired) electrons. The molecular weight excluding hydrogens is 404 g/mol. The van der Waals surface area contributed by atoms with E-state index in [2.05, 4.69) is 20.6 Å². The minimum Gasteiger partial charge on any atom is -0.346 e. The Morgan fingerprint density at radius 2 is 1.64 bits per heavy atom. The fraction of sp³-hybridized carbons (Fsp3) is 0.167. The Bertz CT molecular complexity index is 958. The van der Waals surface area contributed by atoms with Gasteiger partial charge in [0.05, 0.1) is 24.2 Å². The minimum atomic E-state index is -3.80. The van der Waals surface area contributed by atoms with E-state index in [-0.39, 0.29) is 11.4 Å². The van der Waals surface area contributed by atoms with Gasteiger partial charge in [0.25, 0.3) is 5.91 Å². The standard InChI is InChI=1S/C18H19ClN4O4S/c1-13-2-8-16(9-3-13)28(26,27)22-12-17(24)20-11-18(25)23-21-10-14-4-6-15(19)7-5-14/h2-10,22H,11-12H2,1H3,(H,20,24)(H,23,25). The van der Waals surface area contributed by atoms with Crippen molar-refractivity contribution in [3.8, 4) is 0 Å². The number of hydrazone groups is 1. The van der Waals surface area contributed by atoms with Crippen molar-refractivity contribution in [1.29, 1.82) is 0 Å². The molecule has 0 atom stereocenters. The van der Waals surface area contributed by atoms with Gasteiger partial charge < -0.3 is 5.32 Å². The van der Waals surface area contributed by atoms with Crippen molar-refractivity contribution in [1.82, 2.24) is 15.5 Å². The number of carbonyl (C=O) groups is 2. The summed E-state index contributed by atoms with van der Waals surface area (Å²) in [5.41, 5.74) is 3.90. The van der Waals surface area contributed by atoms with E-state index in [1.165, 1.54) is 18.3 Å². The molecule has 0 bridgehead atoms. The first-order valence-corrected chi connectivity index (χ1v) is 10.0. The number of nitrogens with one attached hydrogen (secondary N) is 3. The maximum absolute atomic E-state index is 12.1. The quantitative estimate of drug-likeness (QED) is 0.437. The van der Waals surface area contributed by atoms with Crippen molar-refractivity contribution in [2.45, 2.75) is 11.8 Å². The zero-order valence-corrected chi connectivity index (χ0v) is 16.5. The fourth-order valence-electron chi connectivity index (χ4n) is 1.97. The number of nitrogens with zero attached hydrogens (tertiary/aromatic N) is 1. The molecule has 0 aliphatic heterocycles. The lowest BCUT2D eigenvalue weighted by Crippen LogP contribution is -2.41. The zero-order chi connectivity index (χ0) is 20.6. The fourth-order valence-corrected chi connectivity index (χ4v) is 3.08. The van der Waals surface area contributed by atoms with Gasteiger partial charge in [0.1, 0.15) is 0 Å². The number of rotatable bonds is 8. The SMILES string of the molecule is Cc1ccc(S(=O)(=O)NCC(=O)NCC(=O)NN=Cc2ccc(Cl)cc2)cc1. The van der Waals surface area contributed by atoms with Crippen LogP contribution in [0.25, 0.3) is 0 Å². The highest BCUT2D eigenvalue weighted by Gasteiger charge is 2.15. The van der Waals surface area contributed by atoms with Crippen molar-refractivity contribution in [2.24, 2.45) is 5.10 Å². The van der Waals surface area contributed by atoms with E-state index < -0.39 is 28.4 Å². The zero-order valence-electron chi connectivity index (χ0n) is 15.0. The number of halogens is 1. The van der Waals surface area contributed by atoms with E-state index in [4.69, 9.17) is 11.6 Å². The second-order valence-corrected chi connectivity index (χ2v) is 7.96. The van der Waals surface area contributed by atoms with Crippen molar-refractivity contribution in [3.63, 3.8) is 0 Å². The molecule has 0 aliphatic carbocycles. The summed E-state index contributed by atoms with van der Waals surface area (Å²) in [6.07, 6.45) is 1.42. The summed E-state index contributed by atoms with van der Waals surface area (Å²) in [5.74, 6) is -1.20. The maximum Gasteiger partial charge on any atom is 0.259 e. The number of amides is 2. The highest BCUT2D eigenvalue weighted by atomic mass is 35.5. The van der Waals surface area contributed by atoms with Gasteiger partial charge in [0, 0.05) is 5.02 Å². The van der Waals surface area contributed by atoms with Crippen LogP contribution in [0.5, 0.6) is 0 Å². The molecule has 0 saturated heterocycles. The summed E-state index contributed by atoms with van der Waals surface area (Å²) in [6, 6.07) is 13.0. The second-order valence-electron chi connectivity index (χ2n) is 5.76. The van der Waals surface area contributed by atoms with Gasteiger partial charge in [-0.05, 0) is 36.8 Å². The van der Waals surface area contributed by atoms with Gasteiger partial charge in [0.2, 0.25) is 15.9 Å². The summed E-state index contributed by atoms with van der Waals surface area (Å²) in [5, 5.41) is 6.64. The Labute approximate surface area is 168 Å². The number of benzene rings is 2. The minimum absolute atomic E-state index is 0.0557. The van der Waals surface area contributed by atoms with Crippen LogP contribution in [-0.4, -0.2) is 39.5 Å². The summed E-state index contributed by atoms with van der Waals surface area (Å²) in [6.45, 7) is 1.00. The van der Waals surface area contributed by atoms with Crippen LogP contribution >= 0.6 is 11.6 Å². The lowest BCUT2D eigenvalue weighted by Gasteiger charge is -2.07.